The van der Waals surface area contributed by atoms with Crippen LogP contribution in [0.5, 0.6) is 5.75 Å². The van der Waals surface area contributed by atoms with E-state index in [0.717, 1.165) is 12.1 Å². The maximum Gasteiger partial charge on any atom is 0.422 e. The fraction of sp³-hybridized carbons (Fsp3) is 0.273. The van der Waals surface area contributed by atoms with Crippen molar-refractivity contribution in [3.05, 3.63) is 71.0 Å². The summed E-state index contributed by atoms with van der Waals surface area (Å²) >= 11 is 0. The van der Waals surface area contributed by atoms with E-state index in [4.69, 9.17) is 4.74 Å². The first-order chi connectivity index (χ1) is 15.3. The molecule has 0 saturated carbocycles. The fourth-order valence-corrected chi connectivity index (χ4v) is 3.21. The Bertz CT molecular complexity index is 1150. The van der Waals surface area contributed by atoms with Gasteiger partial charge < -0.3 is 10.1 Å². The Kier molecular flexibility index (Phi) is 6.71. The molecule has 0 aliphatic carbocycles. The third-order valence-electron chi connectivity index (χ3n) is 4.75. The van der Waals surface area contributed by atoms with E-state index in [1.54, 1.807) is 13.8 Å². The van der Waals surface area contributed by atoms with Crippen LogP contribution in [0.2, 0.25) is 0 Å². The molecule has 176 valence electrons. The van der Waals surface area contributed by atoms with Crippen molar-refractivity contribution < 1.29 is 35.9 Å². The number of nitrogens with zero attached hydrogens (tertiary/aromatic N) is 2. The molecule has 1 amide bonds. The van der Waals surface area contributed by atoms with Crippen LogP contribution in [0.4, 0.5) is 32.0 Å². The maximum atomic E-state index is 13.0. The second kappa shape index (κ2) is 9.16. The topological polar surface area (TPSA) is 56.2 Å². The molecule has 33 heavy (non-hydrogen) atoms. The van der Waals surface area contributed by atoms with Gasteiger partial charge in [0.1, 0.15) is 5.75 Å². The normalized spacial score (nSPS) is 12.0. The Morgan fingerprint density at radius 3 is 2.39 bits per heavy atom. The maximum absolute atomic E-state index is 13.0. The van der Waals surface area contributed by atoms with Crippen LogP contribution in [0.3, 0.4) is 0 Å². The van der Waals surface area contributed by atoms with Gasteiger partial charge in [0.2, 0.25) is 5.91 Å². The van der Waals surface area contributed by atoms with E-state index in [2.05, 4.69) is 10.4 Å². The van der Waals surface area contributed by atoms with Crippen LogP contribution < -0.4 is 10.1 Å². The molecule has 0 fully saturated rings. The number of ether oxygens (including phenoxy) is 1. The minimum atomic E-state index is -4.54. The van der Waals surface area contributed by atoms with E-state index < -0.39 is 30.4 Å². The molecule has 3 rings (SSSR count). The van der Waals surface area contributed by atoms with Gasteiger partial charge in [0.05, 0.1) is 29.1 Å². The monoisotopic (exact) mass is 471 g/mol. The molecule has 0 aliphatic heterocycles. The minimum absolute atomic E-state index is 0.0623. The molecule has 1 N–H and O–H groups in total. The molecule has 0 aliphatic rings. The molecule has 0 radical (unpaired) electrons. The number of hydrogen-bond donors (Lipinski definition) is 1. The number of alkyl halides is 6. The van der Waals surface area contributed by atoms with Crippen molar-refractivity contribution in [1.29, 1.82) is 0 Å². The number of benzene rings is 2. The molecule has 11 heteroatoms. The number of aromatic nitrogens is 2. The number of para-hydroxylation sites is 2. The second-order valence-electron chi connectivity index (χ2n) is 7.23. The number of hydrogen-bond acceptors (Lipinski definition) is 3. The molecule has 1 heterocycles. The van der Waals surface area contributed by atoms with Gasteiger partial charge >= 0.3 is 12.4 Å². The number of halogens is 6. The smallest absolute Gasteiger partial charge is 0.422 e. The van der Waals surface area contributed by atoms with Gasteiger partial charge in [-0.1, -0.05) is 18.2 Å². The highest BCUT2D eigenvalue weighted by molar-refractivity contribution is 5.94. The Morgan fingerprint density at radius 1 is 1.03 bits per heavy atom. The third kappa shape index (κ3) is 6.05. The van der Waals surface area contributed by atoms with Gasteiger partial charge in [-0.05, 0) is 44.2 Å². The molecule has 5 nitrogen and oxygen atoms in total. The van der Waals surface area contributed by atoms with Crippen LogP contribution in [0, 0.1) is 13.8 Å². The third-order valence-corrected chi connectivity index (χ3v) is 4.75. The van der Waals surface area contributed by atoms with E-state index in [1.165, 1.54) is 41.1 Å². The lowest BCUT2D eigenvalue weighted by Gasteiger charge is -2.14. The molecule has 0 atom stereocenters. The summed E-state index contributed by atoms with van der Waals surface area (Å²) in [7, 11) is 0. The largest absolute Gasteiger partial charge is 0.482 e. The summed E-state index contributed by atoms with van der Waals surface area (Å²) in [6.45, 7) is 1.71. The molecular formula is C22H19F6N3O2. The number of aryl methyl sites for hydroxylation is 1. The van der Waals surface area contributed by atoms with Crippen molar-refractivity contribution in [1.82, 2.24) is 9.78 Å². The van der Waals surface area contributed by atoms with Gasteiger partial charge in [0.15, 0.2) is 6.61 Å². The summed E-state index contributed by atoms with van der Waals surface area (Å²) in [5.74, 6) is -0.691. The lowest BCUT2D eigenvalue weighted by molar-refractivity contribution is -0.153. The van der Waals surface area contributed by atoms with Gasteiger partial charge in [0, 0.05) is 11.3 Å². The zero-order valence-electron chi connectivity index (χ0n) is 17.5. The molecule has 2 aromatic carbocycles. The Balaban J connectivity index is 1.80. The van der Waals surface area contributed by atoms with Crippen molar-refractivity contribution in [2.45, 2.75) is 32.6 Å². The van der Waals surface area contributed by atoms with Crippen molar-refractivity contribution in [3.63, 3.8) is 0 Å². The van der Waals surface area contributed by atoms with Gasteiger partial charge in [-0.3, -0.25) is 4.79 Å². The Hall–Kier alpha value is -3.50. The van der Waals surface area contributed by atoms with Crippen LogP contribution in [0.25, 0.3) is 5.69 Å². The number of nitrogens with one attached hydrogen (secondary N) is 1. The summed E-state index contributed by atoms with van der Waals surface area (Å²) in [6, 6.07) is 10.3. The summed E-state index contributed by atoms with van der Waals surface area (Å²) in [4.78, 5) is 12.6. The van der Waals surface area contributed by atoms with Gasteiger partial charge in [-0.25, -0.2) is 4.68 Å². The predicted octanol–water partition coefficient (Wildman–Crippen LogP) is 5.63. The second-order valence-corrected chi connectivity index (χ2v) is 7.23. The van der Waals surface area contributed by atoms with Crippen LogP contribution in [-0.4, -0.2) is 28.5 Å². The number of carbonyl (C=O) groups excluding carboxylic acids is 1. The first-order valence-electron chi connectivity index (χ1n) is 9.66. The van der Waals surface area contributed by atoms with Crippen LogP contribution in [0.1, 0.15) is 22.5 Å². The van der Waals surface area contributed by atoms with Gasteiger partial charge in [-0.2, -0.15) is 31.4 Å². The van der Waals surface area contributed by atoms with Gasteiger partial charge in [0.25, 0.3) is 0 Å². The number of anilines is 1. The molecule has 0 spiro atoms. The average Bonchev–Trinajstić information content (AvgIpc) is 3.00. The molecule has 3 aromatic rings. The minimum Gasteiger partial charge on any atom is -0.482 e. The highest BCUT2D eigenvalue weighted by atomic mass is 19.4. The predicted molar refractivity (Wildman–Crippen MR) is 108 cm³/mol. The highest BCUT2D eigenvalue weighted by Crippen LogP contribution is 2.31. The molecule has 0 unspecified atom stereocenters. The van der Waals surface area contributed by atoms with Crippen LogP contribution >= 0.6 is 0 Å². The lowest BCUT2D eigenvalue weighted by Crippen LogP contribution is -2.21. The van der Waals surface area contributed by atoms with E-state index in [1.807, 2.05) is 0 Å². The Morgan fingerprint density at radius 2 is 1.73 bits per heavy atom. The molecule has 0 bridgehead atoms. The summed E-state index contributed by atoms with van der Waals surface area (Å²) < 4.78 is 82.6. The van der Waals surface area contributed by atoms with E-state index in [-0.39, 0.29) is 23.5 Å². The van der Waals surface area contributed by atoms with Crippen LogP contribution in [-0.2, 0) is 17.4 Å². The number of rotatable bonds is 6. The standard InChI is InChI=1S/C22H19F6N3O2/c1-13-17(14(2)31(30-13)16-7-5-6-15(10-16)22(26,27)28)11-20(32)29-18-8-3-4-9-19(18)33-12-21(23,24)25/h3-10H,11-12H2,1-2H3,(H,29,32). The number of amides is 1. The van der Waals surface area contributed by atoms with E-state index in [9.17, 15) is 31.1 Å². The molecule has 0 saturated heterocycles. The highest BCUT2D eigenvalue weighted by Gasteiger charge is 2.31. The summed E-state index contributed by atoms with van der Waals surface area (Å²) in [5, 5.41) is 6.77. The zero-order chi connectivity index (χ0) is 24.4. The lowest BCUT2D eigenvalue weighted by atomic mass is 10.1. The fourth-order valence-electron chi connectivity index (χ4n) is 3.21. The van der Waals surface area contributed by atoms with E-state index in [0.29, 0.717) is 17.0 Å². The first-order valence-corrected chi connectivity index (χ1v) is 9.66. The summed E-state index contributed by atoms with van der Waals surface area (Å²) in [6.07, 6.45) is -9.25. The number of carbonyl (C=O) groups is 1. The van der Waals surface area contributed by atoms with Crippen molar-refractivity contribution >= 4 is 11.6 Å². The SMILES string of the molecule is Cc1nn(-c2cccc(C(F)(F)F)c2)c(C)c1CC(=O)Nc1ccccc1OCC(F)(F)F. The molecule has 1 aromatic heterocycles. The summed E-state index contributed by atoms with van der Waals surface area (Å²) in [5.41, 5.74) is 0.793. The van der Waals surface area contributed by atoms with Crippen molar-refractivity contribution in [2.75, 3.05) is 11.9 Å². The molecular weight excluding hydrogens is 452 g/mol. The average molecular weight is 471 g/mol. The Labute approximate surface area is 185 Å². The van der Waals surface area contributed by atoms with Crippen LogP contribution in [0.15, 0.2) is 48.5 Å². The van der Waals surface area contributed by atoms with Crippen molar-refractivity contribution in [3.8, 4) is 11.4 Å². The quantitative estimate of drug-likeness (QED) is 0.474. The van der Waals surface area contributed by atoms with Gasteiger partial charge in [-0.15, -0.1) is 0 Å². The van der Waals surface area contributed by atoms with Crippen molar-refractivity contribution in [2.24, 2.45) is 0 Å². The zero-order valence-corrected chi connectivity index (χ0v) is 17.5. The van der Waals surface area contributed by atoms with E-state index >= 15 is 0 Å². The first kappa shape index (κ1) is 24.1.